The third kappa shape index (κ3) is 6.01. The summed E-state index contributed by atoms with van der Waals surface area (Å²) >= 11 is 0. The Morgan fingerprint density at radius 1 is 1.12 bits per heavy atom. The van der Waals surface area contributed by atoms with Gasteiger partial charge in [0.1, 0.15) is 6.56 Å². The molecule has 2 aliphatic rings. The van der Waals surface area contributed by atoms with Gasteiger partial charge in [0.15, 0.2) is 0 Å². The predicted molar refractivity (Wildman–Crippen MR) is 130 cm³/mol. The van der Waals surface area contributed by atoms with Crippen molar-refractivity contribution >= 4 is 5.71 Å². The van der Waals surface area contributed by atoms with E-state index in [0.717, 1.165) is 49.7 Å². The number of likely N-dealkylation sites (tertiary alicyclic amines) is 1. The minimum absolute atomic E-state index is 0.184. The Hall–Kier alpha value is -2.34. The summed E-state index contributed by atoms with van der Waals surface area (Å²) in [7, 11) is 0. The van der Waals surface area contributed by atoms with Crippen LogP contribution in [0, 0.1) is 0 Å². The van der Waals surface area contributed by atoms with Crippen LogP contribution in [0.4, 0.5) is 13.2 Å². The third-order valence-corrected chi connectivity index (χ3v) is 6.67. The topological polar surface area (TPSA) is 24.8 Å². The van der Waals surface area contributed by atoms with Crippen molar-refractivity contribution in [2.75, 3.05) is 13.1 Å². The van der Waals surface area contributed by atoms with E-state index in [4.69, 9.17) is 13.1 Å². The van der Waals surface area contributed by atoms with Gasteiger partial charge in [0.2, 0.25) is 0 Å². The summed E-state index contributed by atoms with van der Waals surface area (Å²) in [5, 5.41) is 3.67. The van der Waals surface area contributed by atoms with Crippen LogP contribution >= 0.6 is 0 Å². The number of nitrogens with zero attached hydrogens (tertiary/aromatic N) is 2. The standard InChI is InChI=1S/C28H35F3N2O/c1-3-22-17-24(11-12-25(22)18-33-14-7-15-33)20(2)32-34-19-21-10-13-26(23-8-5-4-6-9-23)27(16-21)28(29,30)31/h10-13,16-17,23H,3-9,14-15,18-19H2,1-2H3/b32-20+/i2D3,19D2,23D. The number of oxime groups is 1. The molecule has 0 N–H and O–H groups in total. The first-order valence-electron chi connectivity index (χ1n) is 15.0. The Balaban J connectivity index is 1.66. The highest BCUT2D eigenvalue weighted by molar-refractivity contribution is 5.98. The van der Waals surface area contributed by atoms with Crippen molar-refractivity contribution in [2.45, 2.75) is 83.9 Å². The Labute approximate surface area is 209 Å². The van der Waals surface area contributed by atoms with Gasteiger partial charge in [0, 0.05) is 12.0 Å². The lowest BCUT2D eigenvalue weighted by Crippen LogP contribution is -2.36. The molecule has 0 bridgehead atoms. The zero-order valence-corrected chi connectivity index (χ0v) is 19.5. The highest BCUT2D eigenvalue weighted by atomic mass is 19.4. The minimum atomic E-state index is -4.81. The van der Waals surface area contributed by atoms with Crippen LogP contribution in [0.5, 0.6) is 0 Å². The van der Waals surface area contributed by atoms with Crippen molar-refractivity contribution in [1.82, 2.24) is 4.90 Å². The second-order valence-corrected chi connectivity index (χ2v) is 9.02. The van der Waals surface area contributed by atoms with E-state index < -0.39 is 42.3 Å². The molecule has 0 spiro atoms. The highest BCUT2D eigenvalue weighted by Crippen LogP contribution is 2.41. The minimum Gasteiger partial charge on any atom is -0.391 e. The molecule has 1 saturated carbocycles. The Bertz CT molecular complexity index is 1240. The molecule has 0 atom stereocenters. The molecule has 4 rings (SSSR count). The van der Waals surface area contributed by atoms with Crippen LogP contribution in [0.15, 0.2) is 41.6 Å². The molecule has 184 valence electrons. The Kier molecular flexibility index (Phi) is 5.79. The lowest BCUT2D eigenvalue weighted by molar-refractivity contribution is -0.138. The first kappa shape index (κ1) is 18.0. The van der Waals surface area contributed by atoms with Gasteiger partial charge in [0.25, 0.3) is 0 Å². The normalized spacial score (nSPS) is 22.4. The molecule has 2 aromatic carbocycles. The van der Waals surface area contributed by atoms with E-state index in [1.54, 1.807) is 12.1 Å². The number of alkyl halides is 3. The number of hydrogen-bond donors (Lipinski definition) is 0. The maximum atomic E-state index is 14.1. The molecule has 2 aromatic rings. The lowest BCUT2D eigenvalue weighted by atomic mass is 9.81. The van der Waals surface area contributed by atoms with E-state index in [-0.39, 0.29) is 11.1 Å². The van der Waals surface area contributed by atoms with Crippen molar-refractivity contribution in [2.24, 2.45) is 5.16 Å². The second kappa shape index (κ2) is 10.9. The monoisotopic (exact) mass is 478 g/mol. The van der Waals surface area contributed by atoms with E-state index in [0.29, 0.717) is 38.2 Å². The zero-order valence-electron chi connectivity index (χ0n) is 25.5. The Morgan fingerprint density at radius 3 is 2.56 bits per heavy atom. The summed E-state index contributed by atoms with van der Waals surface area (Å²) < 4.78 is 91.6. The predicted octanol–water partition coefficient (Wildman–Crippen LogP) is 7.46. The molecule has 0 radical (unpaired) electrons. The van der Waals surface area contributed by atoms with Crippen molar-refractivity contribution in [3.05, 3.63) is 69.8 Å². The fraction of sp³-hybridized carbons (Fsp3) is 0.536. The van der Waals surface area contributed by atoms with Gasteiger partial charge >= 0.3 is 6.18 Å². The van der Waals surface area contributed by atoms with E-state index in [9.17, 15) is 13.2 Å². The fourth-order valence-electron chi connectivity index (χ4n) is 4.61. The molecule has 0 aromatic heterocycles. The molecule has 1 aliphatic heterocycles. The number of rotatable bonds is 8. The van der Waals surface area contributed by atoms with Gasteiger partial charge in [-0.05, 0) is 91.5 Å². The van der Waals surface area contributed by atoms with E-state index >= 15 is 0 Å². The van der Waals surface area contributed by atoms with Crippen molar-refractivity contribution in [3.63, 3.8) is 0 Å². The van der Waals surface area contributed by atoms with E-state index in [1.807, 2.05) is 13.0 Å². The van der Waals surface area contributed by atoms with Crippen molar-refractivity contribution in [1.29, 1.82) is 0 Å². The van der Waals surface area contributed by atoms with Crippen LogP contribution in [0.2, 0.25) is 0 Å². The van der Waals surface area contributed by atoms with Crippen LogP contribution < -0.4 is 0 Å². The first-order chi connectivity index (χ1) is 18.6. The zero-order chi connectivity index (χ0) is 29.3. The molecule has 1 saturated heterocycles. The number of benzene rings is 2. The average Bonchev–Trinajstić information content (AvgIpc) is 2.85. The lowest BCUT2D eigenvalue weighted by Gasteiger charge is -2.31. The maximum absolute atomic E-state index is 14.1. The van der Waals surface area contributed by atoms with Gasteiger partial charge in [-0.2, -0.15) is 13.2 Å². The molecule has 6 heteroatoms. The van der Waals surface area contributed by atoms with Gasteiger partial charge in [-0.25, -0.2) is 0 Å². The van der Waals surface area contributed by atoms with Crippen LogP contribution in [0.25, 0.3) is 0 Å². The molecule has 3 nitrogen and oxygen atoms in total. The van der Waals surface area contributed by atoms with Gasteiger partial charge in [0.05, 0.1) is 14.0 Å². The average molecular weight is 479 g/mol. The molecule has 2 fully saturated rings. The Morgan fingerprint density at radius 2 is 1.91 bits per heavy atom. The van der Waals surface area contributed by atoms with E-state index in [1.165, 1.54) is 6.07 Å². The van der Waals surface area contributed by atoms with Gasteiger partial charge in [-0.3, -0.25) is 4.90 Å². The summed E-state index contributed by atoms with van der Waals surface area (Å²) in [4.78, 5) is 7.35. The van der Waals surface area contributed by atoms with Crippen LogP contribution in [0.1, 0.15) is 99.8 Å². The number of aryl methyl sites for hydroxylation is 1. The number of hydrogen-bond acceptors (Lipinski definition) is 3. The maximum Gasteiger partial charge on any atom is 0.416 e. The fourth-order valence-corrected chi connectivity index (χ4v) is 4.61. The summed E-state index contributed by atoms with van der Waals surface area (Å²) in [6.45, 7) is -0.900. The van der Waals surface area contributed by atoms with Crippen LogP contribution in [-0.2, 0) is 30.5 Å². The molecule has 1 heterocycles. The van der Waals surface area contributed by atoms with Gasteiger partial charge in [-0.1, -0.05) is 55.6 Å². The largest absolute Gasteiger partial charge is 0.416 e. The van der Waals surface area contributed by atoms with Crippen LogP contribution in [-0.4, -0.2) is 23.7 Å². The van der Waals surface area contributed by atoms with Crippen LogP contribution in [0.3, 0.4) is 0 Å². The third-order valence-electron chi connectivity index (χ3n) is 6.67. The highest BCUT2D eigenvalue weighted by Gasteiger charge is 2.35. The molecule has 1 aliphatic carbocycles. The van der Waals surface area contributed by atoms with Crippen molar-refractivity contribution in [3.8, 4) is 0 Å². The van der Waals surface area contributed by atoms with E-state index in [2.05, 4.69) is 10.1 Å². The van der Waals surface area contributed by atoms with Gasteiger partial charge in [-0.15, -0.1) is 0 Å². The first-order valence-corrected chi connectivity index (χ1v) is 12.0. The molecular formula is C28H35F3N2O. The summed E-state index contributed by atoms with van der Waals surface area (Å²) in [5.41, 5.74) is 0.0204. The van der Waals surface area contributed by atoms with Gasteiger partial charge < -0.3 is 4.84 Å². The summed E-state index contributed by atoms with van der Waals surface area (Å²) in [5.74, 6) is -1.40. The molecule has 0 unspecified atom stereocenters. The SMILES string of the molecule is [2H]C([2H])([2H])/C(=N\OC([2H])([2H])c1ccc(C2([2H])CCCCC2)c(C(F)(F)F)c1)c1ccc(CN2CCC2)c(CC)c1. The second-order valence-electron chi connectivity index (χ2n) is 9.02. The smallest absolute Gasteiger partial charge is 0.391 e. The quantitative estimate of drug-likeness (QED) is 0.290. The van der Waals surface area contributed by atoms with Crippen molar-refractivity contribution < 1.29 is 26.2 Å². The summed E-state index contributed by atoms with van der Waals surface area (Å²) in [6.07, 6.45) is -0.266. The molecule has 34 heavy (non-hydrogen) atoms. The summed E-state index contributed by atoms with van der Waals surface area (Å²) in [6, 6.07) is 8.11. The molecule has 0 amide bonds. The molecular weight excluding hydrogens is 437 g/mol. The number of halogens is 3.